The van der Waals surface area contributed by atoms with Gasteiger partial charge in [-0.15, -0.1) is 0 Å². The first-order valence-electron chi connectivity index (χ1n) is 5.73. The van der Waals surface area contributed by atoms with E-state index in [0.29, 0.717) is 5.56 Å². The molecule has 19 heavy (non-hydrogen) atoms. The van der Waals surface area contributed by atoms with E-state index in [1.54, 1.807) is 39.0 Å². The lowest BCUT2D eigenvalue weighted by atomic mass is 10.1. The molecule has 1 aromatic rings. The van der Waals surface area contributed by atoms with Crippen LogP contribution in [0.1, 0.15) is 26.3 Å². The topological polar surface area (TPSA) is 90.8 Å². The number of benzene rings is 1. The summed E-state index contributed by atoms with van der Waals surface area (Å²) in [6.45, 7) is 5.30. The molecule has 2 amide bonds. The van der Waals surface area contributed by atoms with Gasteiger partial charge in [0.15, 0.2) is 0 Å². The molecule has 0 heterocycles. The molecule has 0 aliphatic heterocycles. The predicted molar refractivity (Wildman–Crippen MR) is 71.7 cm³/mol. The lowest BCUT2D eigenvalue weighted by molar-refractivity contribution is -0.140. The number of hydrazone groups is 1. The second-order valence-corrected chi connectivity index (χ2v) is 4.96. The van der Waals surface area contributed by atoms with Crippen molar-refractivity contribution in [3.8, 4) is 5.75 Å². The molecular weight excluding hydrogens is 246 g/mol. The van der Waals surface area contributed by atoms with E-state index in [2.05, 4.69) is 15.8 Å². The standard InChI is InChI=1S/C13H17N3O3/c1-13(2,3)15-11(18)12(19)16-14-8-9-6-4-5-7-10(9)17/h4-8,17H,1-3H3,(H,15,18)(H,16,19)/b14-8+. The van der Waals surface area contributed by atoms with Crippen molar-refractivity contribution in [1.82, 2.24) is 10.7 Å². The molecule has 6 heteroatoms. The zero-order valence-electron chi connectivity index (χ0n) is 11.1. The number of nitrogens with zero attached hydrogens (tertiary/aromatic N) is 1. The summed E-state index contributed by atoms with van der Waals surface area (Å²) >= 11 is 0. The molecule has 0 radical (unpaired) electrons. The van der Waals surface area contributed by atoms with Gasteiger partial charge in [0.25, 0.3) is 0 Å². The highest BCUT2D eigenvalue weighted by atomic mass is 16.3. The Balaban J connectivity index is 2.55. The van der Waals surface area contributed by atoms with Gasteiger partial charge in [0.1, 0.15) is 5.75 Å². The molecule has 0 saturated heterocycles. The van der Waals surface area contributed by atoms with E-state index in [4.69, 9.17) is 0 Å². The monoisotopic (exact) mass is 263 g/mol. The molecular formula is C13H17N3O3. The SMILES string of the molecule is CC(C)(C)NC(=O)C(=O)N/N=C/c1ccccc1O. The molecule has 0 unspecified atom stereocenters. The van der Waals surface area contributed by atoms with Crippen LogP contribution in [0.15, 0.2) is 29.4 Å². The van der Waals surface area contributed by atoms with Crippen LogP contribution in [0.4, 0.5) is 0 Å². The molecule has 0 fully saturated rings. The molecule has 1 rings (SSSR count). The van der Waals surface area contributed by atoms with E-state index in [-0.39, 0.29) is 5.75 Å². The summed E-state index contributed by atoms with van der Waals surface area (Å²) in [5, 5.41) is 15.6. The van der Waals surface area contributed by atoms with Gasteiger partial charge in [0, 0.05) is 11.1 Å². The minimum absolute atomic E-state index is 0.0413. The van der Waals surface area contributed by atoms with Gasteiger partial charge in [0.2, 0.25) is 0 Å². The Morgan fingerprint density at radius 1 is 1.21 bits per heavy atom. The third-order valence-electron chi connectivity index (χ3n) is 2.00. The maximum absolute atomic E-state index is 11.4. The van der Waals surface area contributed by atoms with Crippen LogP contribution in [0.25, 0.3) is 0 Å². The largest absolute Gasteiger partial charge is 0.507 e. The third kappa shape index (κ3) is 5.20. The van der Waals surface area contributed by atoms with Crippen LogP contribution in [0, 0.1) is 0 Å². The Morgan fingerprint density at radius 2 is 1.84 bits per heavy atom. The predicted octanol–water partition coefficient (Wildman–Crippen LogP) is 0.757. The summed E-state index contributed by atoms with van der Waals surface area (Å²) in [7, 11) is 0. The van der Waals surface area contributed by atoms with Crippen molar-refractivity contribution in [2.75, 3.05) is 0 Å². The van der Waals surface area contributed by atoms with Crippen LogP contribution in [0.5, 0.6) is 5.75 Å². The normalized spacial score (nSPS) is 11.3. The molecule has 6 nitrogen and oxygen atoms in total. The van der Waals surface area contributed by atoms with Gasteiger partial charge in [-0.3, -0.25) is 9.59 Å². The average Bonchev–Trinajstić information content (AvgIpc) is 2.29. The lowest BCUT2D eigenvalue weighted by Crippen LogP contribution is -2.47. The van der Waals surface area contributed by atoms with Crippen molar-refractivity contribution >= 4 is 18.0 Å². The Hall–Kier alpha value is -2.37. The number of hydrogen-bond donors (Lipinski definition) is 3. The molecule has 0 saturated carbocycles. The summed E-state index contributed by atoms with van der Waals surface area (Å²) < 4.78 is 0. The van der Waals surface area contributed by atoms with E-state index in [0.717, 1.165) is 0 Å². The van der Waals surface area contributed by atoms with Crippen LogP contribution < -0.4 is 10.7 Å². The van der Waals surface area contributed by atoms with Gasteiger partial charge in [0.05, 0.1) is 6.21 Å². The molecule has 0 aromatic heterocycles. The number of aromatic hydroxyl groups is 1. The maximum atomic E-state index is 11.4. The van der Waals surface area contributed by atoms with E-state index in [1.807, 2.05) is 0 Å². The zero-order valence-corrected chi connectivity index (χ0v) is 11.1. The molecule has 102 valence electrons. The third-order valence-corrected chi connectivity index (χ3v) is 2.00. The highest BCUT2D eigenvalue weighted by Crippen LogP contribution is 2.12. The number of nitrogens with one attached hydrogen (secondary N) is 2. The first-order chi connectivity index (χ1) is 8.79. The Bertz CT molecular complexity index is 504. The van der Waals surface area contributed by atoms with Gasteiger partial charge in [-0.2, -0.15) is 5.10 Å². The molecule has 0 spiro atoms. The number of rotatable bonds is 2. The molecule has 0 aliphatic rings. The number of carbonyl (C=O) groups is 2. The fourth-order valence-corrected chi connectivity index (χ4v) is 1.21. The Kier molecular flexibility index (Phi) is 4.63. The summed E-state index contributed by atoms with van der Waals surface area (Å²) in [5.41, 5.74) is 2.04. The second kappa shape index (κ2) is 5.99. The minimum Gasteiger partial charge on any atom is -0.507 e. The summed E-state index contributed by atoms with van der Waals surface area (Å²) in [4.78, 5) is 22.8. The van der Waals surface area contributed by atoms with Crippen LogP contribution in [0.2, 0.25) is 0 Å². The van der Waals surface area contributed by atoms with Gasteiger partial charge >= 0.3 is 11.8 Å². The average molecular weight is 263 g/mol. The number of phenolic OH excluding ortho intramolecular Hbond substituents is 1. The molecule has 1 aromatic carbocycles. The van der Waals surface area contributed by atoms with Gasteiger partial charge in [-0.1, -0.05) is 12.1 Å². The highest BCUT2D eigenvalue weighted by Gasteiger charge is 2.19. The second-order valence-electron chi connectivity index (χ2n) is 4.96. The van der Waals surface area contributed by atoms with E-state index >= 15 is 0 Å². The number of phenols is 1. The lowest BCUT2D eigenvalue weighted by Gasteiger charge is -2.19. The smallest absolute Gasteiger partial charge is 0.329 e. The first kappa shape index (κ1) is 14.7. The van der Waals surface area contributed by atoms with Crippen molar-refractivity contribution in [1.29, 1.82) is 0 Å². The fraction of sp³-hybridized carbons (Fsp3) is 0.308. The summed E-state index contributed by atoms with van der Waals surface area (Å²) in [6, 6.07) is 6.51. The fourth-order valence-electron chi connectivity index (χ4n) is 1.21. The van der Waals surface area contributed by atoms with Crippen LogP contribution in [0.3, 0.4) is 0 Å². The van der Waals surface area contributed by atoms with Crippen LogP contribution >= 0.6 is 0 Å². The number of hydrogen-bond acceptors (Lipinski definition) is 4. The van der Waals surface area contributed by atoms with Crippen molar-refractivity contribution in [3.05, 3.63) is 29.8 Å². The number of para-hydroxylation sites is 1. The Morgan fingerprint density at radius 3 is 2.42 bits per heavy atom. The first-order valence-corrected chi connectivity index (χ1v) is 5.73. The highest BCUT2D eigenvalue weighted by molar-refractivity contribution is 6.35. The van der Waals surface area contributed by atoms with E-state index in [1.165, 1.54) is 12.3 Å². The van der Waals surface area contributed by atoms with Crippen molar-refractivity contribution in [2.45, 2.75) is 26.3 Å². The quantitative estimate of drug-likeness (QED) is 0.418. The van der Waals surface area contributed by atoms with Crippen molar-refractivity contribution < 1.29 is 14.7 Å². The molecule has 0 bridgehead atoms. The van der Waals surface area contributed by atoms with Gasteiger partial charge in [-0.25, -0.2) is 5.43 Å². The molecule has 0 aliphatic carbocycles. The number of amides is 2. The summed E-state index contributed by atoms with van der Waals surface area (Å²) in [6.07, 6.45) is 1.26. The minimum atomic E-state index is -0.860. The maximum Gasteiger partial charge on any atom is 0.329 e. The van der Waals surface area contributed by atoms with E-state index < -0.39 is 17.4 Å². The van der Waals surface area contributed by atoms with Gasteiger partial charge in [-0.05, 0) is 32.9 Å². The molecule has 0 atom stereocenters. The Labute approximate surface area is 111 Å². The van der Waals surface area contributed by atoms with Gasteiger partial charge < -0.3 is 10.4 Å². The van der Waals surface area contributed by atoms with Crippen LogP contribution in [-0.2, 0) is 9.59 Å². The number of carbonyl (C=O) groups excluding carboxylic acids is 2. The van der Waals surface area contributed by atoms with Crippen molar-refractivity contribution in [2.24, 2.45) is 5.10 Å². The summed E-state index contributed by atoms with van der Waals surface area (Å²) in [5.74, 6) is -1.58. The zero-order chi connectivity index (χ0) is 14.5. The van der Waals surface area contributed by atoms with E-state index in [9.17, 15) is 14.7 Å². The van der Waals surface area contributed by atoms with Crippen molar-refractivity contribution in [3.63, 3.8) is 0 Å². The van der Waals surface area contributed by atoms with Crippen LogP contribution in [-0.4, -0.2) is 28.7 Å². The molecule has 3 N–H and O–H groups in total.